The van der Waals surface area contributed by atoms with Crippen LogP contribution in [-0.4, -0.2) is 46.8 Å². The normalized spacial score (nSPS) is 15.7. The summed E-state index contributed by atoms with van der Waals surface area (Å²) < 4.78 is 14.9. The van der Waals surface area contributed by atoms with E-state index in [0.717, 1.165) is 25.2 Å². The summed E-state index contributed by atoms with van der Waals surface area (Å²) in [6.45, 7) is 7.02. The van der Waals surface area contributed by atoms with Gasteiger partial charge < -0.3 is 9.80 Å². The molecule has 1 aliphatic heterocycles. The number of halogens is 1. The molecule has 0 aliphatic carbocycles. The Hall–Kier alpha value is -2.37. The van der Waals surface area contributed by atoms with E-state index in [-0.39, 0.29) is 17.8 Å². The first-order valence-corrected chi connectivity index (χ1v) is 8.39. The lowest BCUT2D eigenvalue weighted by Crippen LogP contribution is -2.35. The molecule has 2 heterocycles. The molecule has 2 aromatic rings. The molecule has 128 valence electrons. The van der Waals surface area contributed by atoms with Gasteiger partial charge in [0.2, 0.25) is 0 Å². The van der Waals surface area contributed by atoms with Gasteiger partial charge in [0.25, 0.3) is 5.91 Å². The van der Waals surface area contributed by atoms with Crippen molar-refractivity contribution in [3.05, 3.63) is 48.0 Å². The van der Waals surface area contributed by atoms with E-state index in [1.165, 1.54) is 12.1 Å². The van der Waals surface area contributed by atoms with Gasteiger partial charge >= 0.3 is 0 Å². The average molecular weight is 330 g/mol. The van der Waals surface area contributed by atoms with Crippen LogP contribution in [0, 0.1) is 5.82 Å². The second-order valence-corrected chi connectivity index (χ2v) is 6.38. The van der Waals surface area contributed by atoms with E-state index in [0.29, 0.717) is 18.8 Å². The molecule has 1 aliphatic rings. The minimum atomic E-state index is -0.230. The summed E-state index contributed by atoms with van der Waals surface area (Å²) in [7, 11) is 0. The quantitative estimate of drug-likeness (QED) is 0.869. The van der Waals surface area contributed by atoms with Crippen LogP contribution < -0.4 is 4.90 Å². The molecule has 3 rings (SSSR count). The van der Waals surface area contributed by atoms with Gasteiger partial charge in [-0.15, -0.1) is 0 Å². The molecule has 1 aromatic heterocycles. The standard InChI is InChI=1S/C18H23FN4O/c1-14(2)23-11-8-17(20-23)18(24)22-10-3-9-21(12-13-22)16-6-4-15(19)5-7-16/h4-8,11,14H,3,9-10,12-13H2,1-2H3. The molecular formula is C18H23FN4O. The van der Waals surface area contributed by atoms with E-state index in [2.05, 4.69) is 10.00 Å². The molecule has 6 heteroatoms. The van der Waals surface area contributed by atoms with E-state index in [9.17, 15) is 9.18 Å². The first kappa shape index (κ1) is 16.5. The van der Waals surface area contributed by atoms with Crippen molar-refractivity contribution in [1.29, 1.82) is 0 Å². The Labute approximate surface area is 141 Å². The van der Waals surface area contributed by atoms with Crippen LogP contribution in [0.5, 0.6) is 0 Å². The lowest BCUT2D eigenvalue weighted by molar-refractivity contribution is 0.0760. The molecule has 0 spiro atoms. The highest BCUT2D eigenvalue weighted by Gasteiger charge is 2.22. The van der Waals surface area contributed by atoms with Gasteiger partial charge in [-0.3, -0.25) is 9.48 Å². The first-order chi connectivity index (χ1) is 11.5. The Morgan fingerprint density at radius 2 is 1.83 bits per heavy atom. The molecule has 0 N–H and O–H groups in total. The molecule has 0 radical (unpaired) electrons. The summed E-state index contributed by atoms with van der Waals surface area (Å²) in [5, 5.41) is 4.37. The van der Waals surface area contributed by atoms with Gasteiger partial charge in [-0.05, 0) is 50.6 Å². The van der Waals surface area contributed by atoms with Crippen molar-refractivity contribution in [3.8, 4) is 0 Å². The number of benzene rings is 1. The molecule has 1 saturated heterocycles. The first-order valence-electron chi connectivity index (χ1n) is 8.39. The maximum absolute atomic E-state index is 13.1. The van der Waals surface area contributed by atoms with E-state index >= 15 is 0 Å². The number of anilines is 1. The molecule has 24 heavy (non-hydrogen) atoms. The van der Waals surface area contributed by atoms with Gasteiger partial charge in [0.15, 0.2) is 0 Å². The van der Waals surface area contributed by atoms with E-state index in [4.69, 9.17) is 0 Å². The molecule has 1 fully saturated rings. The van der Waals surface area contributed by atoms with Crippen molar-refractivity contribution in [2.24, 2.45) is 0 Å². The van der Waals surface area contributed by atoms with Gasteiger partial charge in [-0.1, -0.05) is 0 Å². The minimum Gasteiger partial charge on any atom is -0.370 e. The Morgan fingerprint density at radius 3 is 2.50 bits per heavy atom. The van der Waals surface area contributed by atoms with Gasteiger partial charge in [0.1, 0.15) is 11.5 Å². The number of hydrogen-bond acceptors (Lipinski definition) is 3. The monoisotopic (exact) mass is 330 g/mol. The fraction of sp³-hybridized carbons (Fsp3) is 0.444. The second-order valence-electron chi connectivity index (χ2n) is 6.38. The van der Waals surface area contributed by atoms with Crippen LogP contribution in [0.2, 0.25) is 0 Å². The zero-order valence-corrected chi connectivity index (χ0v) is 14.2. The van der Waals surface area contributed by atoms with Crippen LogP contribution in [0.15, 0.2) is 36.5 Å². The summed E-state index contributed by atoms with van der Waals surface area (Å²) in [6.07, 6.45) is 2.73. The molecule has 0 bridgehead atoms. The number of amides is 1. The molecule has 1 amide bonds. The third-order valence-electron chi connectivity index (χ3n) is 4.33. The average Bonchev–Trinajstić information content (AvgIpc) is 2.94. The number of carbonyl (C=O) groups is 1. The van der Waals surface area contributed by atoms with Crippen molar-refractivity contribution < 1.29 is 9.18 Å². The maximum atomic E-state index is 13.1. The zero-order valence-electron chi connectivity index (χ0n) is 14.2. The Kier molecular flexibility index (Phi) is 4.83. The van der Waals surface area contributed by atoms with Crippen molar-refractivity contribution in [3.63, 3.8) is 0 Å². The lowest BCUT2D eigenvalue weighted by atomic mass is 10.2. The number of rotatable bonds is 3. The van der Waals surface area contributed by atoms with Crippen LogP contribution in [0.25, 0.3) is 0 Å². The van der Waals surface area contributed by atoms with Crippen LogP contribution in [0.4, 0.5) is 10.1 Å². The van der Waals surface area contributed by atoms with Gasteiger partial charge in [-0.25, -0.2) is 4.39 Å². The van der Waals surface area contributed by atoms with Crippen LogP contribution in [-0.2, 0) is 0 Å². The fourth-order valence-corrected chi connectivity index (χ4v) is 2.93. The summed E-state index contributed by atoms with van der Waals surface area (Å²) in [5.74, 6) is -0.249. The number of hydrogen-bond donors (Lipinski definition) is 0. The summed E-state index contributed by atoms with van der Waals surface area (Å²) >= 11 is 0. The third-order valence-corrected chi connectivity index (χ3v) is 4.33. The molecule has 0 unspecified atom stereocenters. The van der Waals surface area contributed by atoms with Gasteiger partial charge in [0.05, 0.1) is 0 Å². The van der Waals surface area contributed by atoms with Crippen LogP contribution in [0.1, 0.15) is 36.8 Å². The van der Waals surface area contributed by atoms with E-state index < -0.39 is 0 Å². The molecular weight excluding hydrogens is 307 g/mol. The smallest absolute Gasteiger partial charge is 0.274 e. The topological polar surface area (TPSA) is 41.4 Å². The highest BCUT2D eigenvalue weighted by Crippen LogP contribution is 2.18. The number of carbonyl (C=O) groups excluding carboxylic acids is 1. The Balaban J connectivity index is 1.66. The predicted octanol–water partition coefficient (Wildman–Crippen LogP) is 2.96. The highest BCUT2D eigenvalue weighted by atomic mass is 19.1. The number of nitrogens with zero attached hydrogens (tertiary/aromatic N) is 4. The lowest BCUT2D eigenvalue weighted by Gasteiger charge is -2.23. The fourth-order valence-electron chi connectivity index (χ4n) is 2.93. The minimum absolute atomic E-state index is 0.0182. The molecule has 5 nitrogen and oxygen atoms in total. The Morgan fingerprint density at radius 1 is 1.08 bits per heavy atom. The maximum Gasteiger partial charge on any atom is 0.274 e. The van der Waals surface area contributed by atoms with Crippen LogP contribution in [0.3, 0.4) is 0 Å². The molecule has 1 aromatic carbocycles. The van der Waals surface area contributed by atoms with E-state index in [1.807, 2.05) is 24.9 Å². The Bertz CT molecular complexity index is 695. The summed E-state index contributed by atoms with van der Waals surface area (Å²) in [5.41, 5.74) is 1.49. The van der Waals surface area contributed by atoms with Crippen molar-refractivity contribution >= 4 is 11.6 Å². The number of aromatic nitrogens is 2. The summed E-state index contributed by atoms with van der Waals surface area (Å²) in [4.78, 5) is 16.7. The summed E-state index contributed by atoms with van der Waals surface area (Å²) in [6, 6.07) is 8.55. The van der Waals surface area contributed by atoms with Crippen molar-refractivity contribution in [2.45, 2.75) is 26.3 Å². The third kappa shape index (κ3) is 3.58. The van der Waals surface area contributed by atoms with Gasteiger partial charge in [0, 0.05) is 44.1 Å². The van der Waals surface area contributed by atoms with Crippen LogP contribution >= 0.6 is 0 Å². The molecule has 0 atom stereocenters. The van der Waals surface area contributed by atoms with Gasteiger partial charge in [-0.2, -0.15) is 5.10 Å². The molecule has 0 saturated carbocycles. The van der Waals surface area contributed by atoms with Crippen molar-refractivity contribution in [1.82, 2.24) is 14.7 Å². The SMILES string of the molecule is CC(C)n1ccc(C(=O)N2CCCN(c3ccc(F)cc3)CC2)n1. The highest BCUT2D eigenvalue weighted by molar-refractivity contribution is 5.92. The predicted molar refractivity (Wildman–Crippen MR) is 91.7 cm³/mol. The largest absolute Gasteiger partial charge is 0.370 e. The van der Waals surface area contributed by atoms with Crippen molar-refractivity contribution in [2.75, 3.05) is 31.1 Å². The second kappa shape index (κ2) is 7.03. The van der Waals surface area contributed by atoms with E-state index in [1.54, 1.807) is 22.9 Å². The zero-order chi connectivity index (χ0) is 17.1.